The molecule has 0 fully saturated rings. The van der Waals surface area contributed by atoms with Crippen molar-refractivity contribution in [3.05, 3.63) is 35.6 Å². The van der Waals surface area contributed by atoms with Gasteiger partial charge in [-0.3, -0.25) is 0 Å². The van der Waals surface area contributed by atoms with Gasteiger partial charge in [0, 0.05) is 48.3 Å². The van der Waals surface area contributed by atoms with Crippen molar-refractivity contribution in [1.29, 1.82) is 0 Å². The van der Waals surface area contributed by atoms with Crippen molar-refractivity contribution < 1.29 is 34.0 Å². The van der Waals surface area contributed by atoms with Crippen LogP contribution in [0.5, 0.6) is 0 Å². The van der Waals surface area contributed by atoms with Gasteiger partial charge >= 0.3 is 23.1 Å². The Bertz CT molecular complexity index is 564. The standard InChI is InChI=1S/2C15H29N2.2BrH.Mg/c2*1-10(2)16(11(3)4)14-9-15(14)17(12(5)6)13(7)8;;;/h2*9-13H,1-8H3;2*1H;/q2*-1;;;+2/p-2. The molecule has 4 nitrogen and oxygen atoms in total. The molecular formula is C30H58Br2MgN4-2. The zero-order valence-electron chi connectivity index (χ0n) is 27.0. The molecule has 2 aliphatic carbocycles. The van der Waals surface area contributed by atoms with Crippen LogP contribution in [0.15, 0.2) is 22.8 Å². The van der Waals surface area contributed by atoms with E-state index in [2.05, 4.69) is 143 Å². The fraction of sp³-hybridized carbons (Fsp3) is 0.800. The summed E-state index contributed by atoms with van der Waals surface area (Å²) in [6.07, 6.45) is 4.67. The third kappa shape index (κ3) is 11.7. The molecule has 0 spiro atoms. The van der Waals surface area contributed by atoms with Crippen LogP contribution >= 0.6 is 0 Å². The molecule has 7 heteroatoms. The maximum absolute atomic E-state index is 2.51. The van der Waals surface area contributed by atoms with Crippen molar-refractivity contribution in [1.82, 2.24) is 19.6 Å². The van der Waals surface area contributed by atoms with E-state index in [-0.39, 0.29) is 57.0 Å². The zero-order chi connectivity index (χ0) is 26.7. The van der Waals surface area contributed by atoms with Gasteiger partial charge in [0.05, 0.1) is 0 Å². The maximum Gasteiger partial charge on any atom is 2.00 e. The van der Waals surface area contributed by atoms with Crippen LogP contribution in [-0.4, -0.2) is 91.0 Å². The van der Waals surface area contributed by atoms with Gasteiger partial charge in [0.15, 0.2) is 0 Å². The summed E-state index contributed by atoms with van der Waals surface area (Å²) >= 11 is 0. The molecule has 0 unspecified atom stereocenters. The van der Waals surface area contributed by atoms with Crippen molar-refractivity contribution in [3.63, 3.8) is 0 Å². The largest absolute Gasteiger partial charge is 2.00 e. The normalized spacial score (nSPS) is 13.8. The third-order valence-corrected chi connectivity index (χ3v) is 6.47. The Kier molecular flexibility index (Phi) is 20.0. The Morgan fingerprint density at radius 2 is 0.432 bits per heavy atom. The topological polar surface area (TPSA) is 13.0 Å². The SMILES string of the molecule is CC(C)N(C1=C(N(C(C)C)C(C)C)[CH-]1)C(C)C.CC(C)N(C1=C(N(C(C)C)C(C)C)[CH-]1)C(C)C.[Br-].[Br-].[Mg+2]. The predicted molar refractivity (Wildman–Crippen MR) is 157 cm³/mol. The minimum Gasteiger partial charge on any atom is -1.00 e. The molecule has 0 heterocycles. The van der Waals surface area contributed by atoms with Crippen molar-refractivity contribution in [2.24, 2.45) is 0 Å². The van der Waals surface area contributed by atoms with E-state index in [1.807, 2.05) is 0 Å². The fourth-order valence-corrected chi connectivity index (χ4v) is 5.62. The number of nitrogens with zero attached hydrogens (tertiary/aromatic N) is 4. The molecule has 0 bridgehead atoms. The van der Waals surface area contributed by atoms with E-state index in [0.717, 1.165) is 0 Å². The van der Waals surface area contributed by atoms with Gasteiger partial charge in [-0.15, -0.1) is 0 Å². The van der Waals surface area contributed by atoms with Crippen molar-refractivity contribution in [2.45, 2.75) is 159 Å². The molecule has 2 aliphatic rings. The minimum atomic E-state index is 0. The van der Waals surface area contributed by atoms with Crippen LogP contribution in [-0.2, 0) is 0 Å². The van der Waals surface area contributed by atoms with E-state index in [1.54, 1.807) is 0 Å². The van der Waals surface area contributed by atoms with Gasteiger partial charge in [0.1, 0.15) is 0 Å². The number of allylic oxidation sites excluding steroid dienone is 4. The average Bonchev–Trinajstić information content (AvgIpc) is 3.53. The van der Waals surface area contributed by atoms with E-state index in [9.17, 15) is 0 Å². The molecule has 0 radical (unpaired) electrons. The Balaban J connectivity index is -0.000000578. The molecule has 0 aliphatic heterocycles. The summed E-state index contributed by atoms with van der Waals surface area (Å²) in [4.78, 5) is 10.0. The van der Waals surface area contributed by atoms with E-state index in [0.29, 0.717) is 48.3 Å². The Morgan fingerprint density at radius 3 is 0.514 bits per heavy atom. The second-order valence-electron chi connectivity index (χ2n) is 12.2. The number of halogens is 2. The molecule has 0 aromatic carbocycles. The molecule has 216 valence electrons. The Labute approximate surface area is 269 Å². The number of rotatable bonds is 12. The molecule has 0 aromatic rings. The summed E-state index contributed by atoms with van der Waals surface area (Å²) in [5.41, 5.74) is 5.77. The van der Waals surface area contributed by atoms with Crippen molar-refractivity contribution in [2.75, 3.05) is 0 Å². The summed E-state index contributed by atoms with van der Waals surface area (Å²) in [6.45, 7) is 36.3. The summed E-state index contributed by atoms with van der Waals surface area (Å²) in [6, 6.07) is 4.55. The second kappa shape index (κ2) is 17.8. The fourth-order valence-electron chi connectivity index (χ4n) is 5.62. The molecule has 0 N–H and O–H groups in total. The quantitative estimate of drug-likeness (QED) is 0.229. The monoisotopic (exact) mass is 656 g/mol. The van der Waals surface area contributed by atoms with Gasteiger partial charge in [-0.1, -0.05) is 0 Å². The van der Waals surface area contributed by atoms with E-state index < -0.39 is 0 Å². The van der Waals surface area contributed by atoms with Crippen LogP contribution in [0.3, 0.4) is 0 Å². The Hall–Kier alpha value is 0.146. The molecule has 0 amide bonds. The van der Waals surface area contributed by atoms with Crippen LogP contribution in [0.25, 0.3) is 0 Å². The second-order valence-corrected chi connectivity index (χ2v) is 12.2. The van der Waals surface area contributed by atoms with Crippen LogP contribution in [0.2, 0.25) is 0 Å². The van der Waals surface area contributed by atoms with Crippen LogP contribution in [0.4, 0.5) is 0 Å². The molecule has 0 saturated heterocycles. The van der Waals surface area contributed by atoms with Crippen LogP contribution in [0, 0.1) is 12.8 Å². The molecule has 0 saturated carbocycles. The molecule has 37 heavy (non-hydrogen) atoms. The first-order valence-electron chi connectivity index (χ1n) is 13.9. The summed E-state index contributed by atoms with van der Waals surface area (Å²) in [5.74, 6) is 0. The van der Waals surface area contributed by atoms with Crippen LogP contribution < -0.4 is 34.0 Å². The van der Waals surface area contributed by atoms with Crippen LogP contribution in [0.1, 0.15) is 111 Å². The molecule has 2 rings (SSSR count). The number of hydrogen-bond donors (Lipinski definition) is 0. The predicted octanol–water partition coefficient (Wildman–Crippen LogP) is 0.934. The average molecular weight is 659 g/mol. The number of hydrogen-bond acceptors (Lipinski definition) is 4. The molecule has 0 atom stereocenters. The first-order valence-corrected chi connectivity index (χ1v) is 13.9. The smallest absolute Gasteiger partial charge is 1.00 e. The first-order chi connectivity index (χ1) is 15.5. The minimum absolute atomic E-state index is 0. The van der Waals surface area contributed by atoms with Gasteiger partial charge in [0.25, 0.3) is 0 Å². The maximum atomic E-state index is 2.51. The third-order valence-electron chi connectivity index (χ3n) is 6.47. The van der Waals surface area contributed by atoms with Gasteiger partial charge in [-0.2, -0.15) is 22.8 Å². The zero-order valence-corrected chi connectivity index (χ0v) is 31.6. The van der Waals surface area contributed by atoms with Crippen molar-refractivity contribution >= 4 is 23.1 Å². The van der Waals surface area contributed by atoms with E-state index >= 15 is 0 Å². The molecular weight excluding hydrogens is 600 g/mol. The summed E-state index contributed by atoms with van der Waals surface area (Å²) in [5, 5.41) is 0. The molecule has 0 aromatic heterocycles. The van der Waals surface area contributed by atoms with Gasteiger partial charge in [0.2, 0.25) is 0 Å². The van der Waals surface area contributed by atoms with Gasteiger partial charge < -0.3 is 53.6 Å². The van der Waals surface area contributed by atoms with Gasteiger partial charge in [-0.05, 0) is 111 Å². The van der Waals surface area contributed by atoms with Gasteiger partial charge in [-0.25, -0.2) is 12.8 Å². The Morgan fingerprint density at radius 1 is 0.324 bits per heavy atom. The van der Waals surface area contributed by atoms with Crippen molar-refractivity contribution in [3.8, 4) is 0 Å². The van der Waals surface area contributed by atoms with E-state index in [4.69, 9.17) is 0 Å². The first kappa shape index (κ1) is 41.6. The van der Waals surface area contributed by atoms with E-state index in [1.165, 1.54) is 22.8 Å². The summed E-state index contributed by atoms with van der Waals surface area (Å²) < 4.78 is 0. The summed E-state index contributed by atoms with van der Waals surface area (Å²) in [7, 11) is 0.